The minimum Gasteiger partial charge on any atom is -0.434 e. The minimum absolute atomic E-state index is 0.182. The van der Waals surface area contributed by atoms with Gasteiger partial charge in [-0.15, -0.1) is 0 Å². The van der Waals surface area contributed by atoms with Crippen LogP contribution in [0.4, 0.5) is 10.7 Å². The second-order valence-corrected chi connectivity index (χ2v) is 5.17. The van der Waals surface area contributed by atoms with Crippen molar-refractivity contribution in [3.05, 3.63) is 16.8 Å². The summed E-state index contributed by atoms with van der Waals surface area (Å²) in [5.41, 5.74) is 0. The maximum atomic E-state index is 11.7. The first-order chi connectivity index (χ1) is 8.24. The van der Waals surface area contributed by atoms with Crippen LogP contribution >= 0.6 is 15.9 Å². The normalized spacial score (nSPS) is 17.5. The van der Waals surface area contributed by atoms with Crippen molar-refractivity contribution in [3.63, 3.8) is 0 Å². The topological polar surface area (TPSA) is 54.3 Å². The van der Waals surface area contributed by atoms with Gasteiger partial charge >= 0.3 is 6.03 Å². The Balaban J connectivity index is 1.80. The fraction of sp³-hybridized carbons (Fsp3) is 0.583. The molecule has 1 aliphatic carbocycles. The third-order valence-electron chi connectivity index (χ3n) is 3.00. The van der Waals surface area contributed by atoms with Crippen LogP contribution in [0, 0.1) is 0 Å². The minimum atomic E-state index is -0.182. The van der Waals surface area contributed by atoms with Crippen molar-refractivity contribution in [1.29, 1.82) is 0 Å². The van der Waals surface area contributed by atoms with Gasteiger partial charge < -0.3 is 9.73 Å². The Hall–Kier alpha value is -0.970. The summed E-state index contributed by atoms with van der Waals surface area (Å²) < 4.78 is 5.83. The van der Waals surface area contributed by atoms with Crippen LogP contribution in [0.25, 0.3) is 0 Å². The largest absolute Gasteiger partial charge is 0.434 e. The number of furan rings is 1. The number of halogens is 1. The Morgan fingerprint density at radius 2 is 1.94 bits per heavy atom. The van der Waals surface area contributed by atoms with Crippen molar-refractivity contribution in [2.75, 3.05) is 5.32 Å². The van der Waals surface area contributed by atoms with Crippen molar-refractivity contribution >= 4 is 27.8 Å². The zero-order valence-electron chi connectivity index (χ0n) is 9.67. The van der Waals surface area contributed by atoms with E-state index in [4.69, 9.17) is 4.42 Å². The highest BCUT2D eigenvalue weighted by Gasteiger charge is 2.15. The number of urea groups is 1. The Morgan fingerprint density at radius 1 is 1.24 bits per heavy atom. The summed E-state index contributed by atoms with van der Waals surface area (Å²) in [6, 6.07) is 3.59. The van der Waals surface area contributed by atoms with Crippen LogP contribution in [0.15, 0.2) is 21.2 Å². The molecule has 5 heteroatoms. The zero-order chi connectivity index (χ0) is 12.1. The van der Waals surface area contributed by atoms with Gasteiger partial charge in [-0.1, -0.05) is 25.7 Å². The highest BCUT2D eigenvalue weighted by molar-refractivity contribution is 9.10. The molecule has 17 heavy (non-hydrogen) atoms. The van der Waals surface area contributed by atoms with Crippen LogP contribution < -0.4 is 10.6 Å². The number of carbonyl (C=O) groups excluding carboxylic acids is 1. The molecule has 2 rings (SSSR count). The quantitative estimate of drug-likeness (QED) is 0.814. The zero-order valence-corrected chi connectivity index (χ0v) is 11.3. The summed E-state index contributed by atoms with van der Waals surface area (Å²) in [4.78, 5) is 11.7. The van der Waals surface area contributed by atoms with Gasteiger partial charge in [-0.05, 0) is 34.8 Å². The molecule has 0 saturated heterocycles. The molecular formula is C12H17BrN2O2. The number of hydrogen-bond donors (Lipinski definition) is 2. The predicted molar refractivity (Wildman–Crippen MR) is 70.1 cm³/mol. The van der Waals surface area contributed by atoms with Crippen molar-refractivity contribution < 1.29 is 9.21 Å². The van der Waals surface area contributed by atoms with Crippen molar-refractivity contribution in [2.45, 2.75) is 44.6 Å². The first kappa shape index (κ1) is 12.5. The van der Waals surface area contributed by atoms with E-state index >= 15 is 0 Å². The van der Waals surface area contributed by atoms with Crippen LogP contribution in [0.1, 0.15) is 38.5 Å². The van der Waals surface area contributed by atoms with Crippen LogP contribution in [0.5, 0.6) is 0 Å². The summed E-state index contributed by atoms with van der Waals surface area (Å²) in [5.74, 6) is 0.461. The van der Waals surface area contributed by atoms with Gasteiger partial charge in [0.2, 0.25) is 5.88 Å². The van der Waals surface area contributed by atoms with Crippen molar-refractivity contribution in [2.24, 2.45) is 0 Å². The number of amides is 2. The van der Waals surface area contributed by atoms with Gasteiger partial charge in [0, 0.05) is 12.1 Å². The molecule has 0 bridgehead atoms. The molecule has 2 N–H and O–H groups in total. The van der Waals surface area contributed by atoms with Crippen LogP contribution in [-0.2, 0) is 0 Å². The van der Waals surface area contributed by atoms with Crippen molar-refractivity contribution in [3.8, 4) is 0 Å². The molecule has 1 aliphatic rings. The molecule has 1 saturated carbocycles. The van der Waals surface area contributed by atoms with Crippen LogP contribution in [-0.4, -0.2) is 12.1 Å². The molecule has 1 aromatic rings. The fourth-order valence-corrected chi connectivity index (χ4v) is 2.45. The van der Waals surface area contributed by atoms with E-state index in [0.29, 0.717) is 16.6 Å². The summed E-state index contributed by atoms with van der Waals surface area (Å²) in [6.45, 7) is 0. The lowest BCUT2D eigenvalue weighted by Crippen LogP contribution is -2.37. The molecule has 0 aromatic carbocycles. The summed E-state index contributed by atoms with van der Waals surface area (Å²) in [6.07, 6.45) is 7.13. The highest BCUT2D eigenvalue weighted by atomic mass is 79.9. The molecule has 2 amide bonds. The second-order valence-electron chi connectivity index (χ2n) is 4.39. The van der Waals surface area contributed by atoms with E-state index in [2.05, 4.69) is 26.6 Å². The van der Waals surface area contributed by atoms with E-state index in [-0.39, 0.29) is 6.03 Å². The van der Waals surface area contributed by atoms with Crippen LogP contribution in [0.3, 0.4) is 0 Å². The monoisotopic (exact) mass is 300 g/mol. The average molecular weight is 301 g/mol. The first-order valence-corrected chi connectivity index (χ1v) is 6.86. The second kappa shape index (κ2) is 6.10. The number of rotatable bonds is 2. The lowest BCUT2D eigenvalue weighted by atomic mass is 10.1. The standard InChI is InChI=1S/C12H17BrN2O2/c13-10-7-8-11(17-10)15-12(16)14-9-5-3-1-2-4-6-9/h7-9H,1-6H2,(H2,14,15,16). The Labute approximate surface area is 109 Å². The highest BCUT2D eigenvalue weighted by Crippen LogP contribution is 2.19. The third kappa shape index (κ3) is 4.07. The van der Waals surface area contributed by atoms with Gasteiger partial charge in [0.25, 0.3) is 0 Å². The van der Waals surface area contributed by atoms with E-state index in [9.17, 15) is 4.79 Å². The summed E-state index contributed by atoms with van der Waals surface area (Å²) >= 11 is 3.19. The van der Waals surface area contributed by atoms with E-state index in [1.807, 2.05) is 0 Å². The maximum Gasteiger partial charge on any atom is 0.321 e. The first-order valence-electron chi connectivity index (χ1n) is 6.07. The van der Waals surface area contributed by atoms with Gasteiger partial charge in [0.1, 0.15) is 0 Å². The molecule has 94 valence electrons. The predicted octanol–water partition coefficient (Wildman–Crippen LogP) is 3.89. The van der Waals surface area contributed by atoms with Gasteiger partial charge in [-0.3, -0.25) is 5.32 Å². The lowest BCUT2D eigenvalue weighted by molar-refractivity contribution is 0.246. The summed E-state index contributed by atoms with van der Waals surface area (Å²) in [7, 11) is 0. The Morgan fingerprint density at radius 3 is 2.53 bits per heavy atom. The molecular weight excluding hydrogens is 284 g/mol. The SMILES string of the molecule is O=C(Nc1ccc(Br)o1)NC1CCCCCC1. The summed E-state index contributed by atoms with van der Waals surface area (Å²) in [5, 5.41) is 5.67. The van der Waals surface area contributed by atoms with E-state index in [1.54, 1.807) is 12.1 Å². The Kier molecular flexibility index (Phi) is 4.48. The van der Waals surface area contributed by atoms with Gasteiger partial charge in [-0.25, -0.2) is 4.79 Å². The smallest absolute Gasteiger partial charge is 0.321 e. The van der Waals surface area contributed by atoms with E-state index in [0.717, 1.165) is 12.8 Å². The molecule has 1 fully saturated rings. The molecule has 4 nitrogen and oxygen atoms in total. The third-order valence-corrected chi connectivity index (χ3v) is 3.43. The number of anilines is 1. The van der Waals surface area contributed by atoms with E-state index < -0.39 is 0 Å². The molecule has 1 heterocycles. The molecule has 0 radical (unpaired) electrons. The molecule has 0 atom stereocenters. The van der Waals surface area contributed by atoms with Gasteiger partial charge in [-0.2, -0.15) is 0 Å². The Bertz CT molecular complexity index is 370. The number of nitrogens with one attached hydrogen (secondary N) is 2. The molecule has 0 unspecified atom stereocenters. The van der Waals surface area contributed by atoms with Crippen LogP contribution in [0.2, 0.25) is 0 Å². The molecule has 0 spiro atoms. The lowest BCUT2D eigenvalue weighted by Gasteiger charge is -2.15. The average Bonchev–Trinajstić information content (AvgIpc) is 2.53. The number of carbonyl (C=O) groups is 1. The van der Waals surface area contributed by atoms with E-state index in [1.165, 1.54) is 25.7 Å². The molecule has 0 aliphatic heterocycles. The van der Waals surface area contributed by atoms with Gasteiger partial charge in [0.05, 0.1) is 0 Å². The van der Waals surface area contributed by atoms with Gasteiger partial charge in [0.15, 0.2) is 4.67 Å². The molecule has 1 aromatic heterocycles. The number of hydrogen-bond acceptors (Lipinski definition) is 2. The fourth-order valence-electron chi connectivity index (χ4n) is 2.14. The van der Waals surface area contributed by atoms with Crippen molar-refractivity contribution in [1.82, 2.24) is 5.32 Å². The maximum absolute atomic E-state index is 11.7.